The molecule has 0 aromatic heterocycles. The highest BCUT2D eigenvalue weighted by Crippen LogP contribution is 2.38. The third kappa shape index (κ3) is 1.72. The summed E-state index contributed by atoms with van der Waals surface area (Å²) in [7, 11) is -3.76. The van der Waals surface area contributed by atoms with Crippen LogP contribution in [0.25, 0.3) is 0 Å². The fourth-order valence-corrected chi connectivity index (χ4v) is 0.262. The molecule has 0 bridgehead atoms. The first-order valence-corrected chi connectivity index (χ1v) is 3.11. The molecule has 0 aliphatic carbocycles. The number of hydrogen-bond acceptors (Lipinski definition) is 1. The zero-order valence-electron chi connectivity index (χ0n) is 3.90. The molecule has 1 atom stereocenters. The molecule has 0 rings (SSSR count). The quantitative estimate of drug-likeness (QED) is 0.465. The van der Waals surface area contributed by atoms with Crippen LogP contribution in [0, 0.1) is 0 Å². The summed E-state index contributed by atoms with van der Waals surface area (Å²) >= 11 is 0. The minimum absolute atomic E-state index is 0.161. The second kappa shape index (κ2) is 2.37. The van der Waals surface area contributed by atoms with Gasteiger partial charge in [0.2, 0.25) is 0 Å². The van der Waals surface area contributed by atoms with E-state index in [1.165, 1.54) is 0 Å². The topological polar surface area (TPSA) is 37.3 Å². The number of alkyl halides is 2. The minimum Gasteiger partial charge on any atom is -0.342 e. The lowest BCUT2D eigenvalue weighted by atomic mass is 10.7. The second-order valence-corrected chi connectivity index (χ2v) is 2.41. The third-order valence-electron chi connectivity index (χ3n) is 0.542. The van der Waals surface area contributed by atoms with Crippen LogP contribution in [0.5, 0.6) is 0 Å². The van der Waals surface area contributed by atoms with Gasteiger partial charge in [-0.1, -0.05) is 6.58 Å². The standard InChI is InChI=1S/C3H5F2O2P/c1-2-3(4,5)8(6)7/h2,8H,1H2,(H,6,7). The van der Waals surface area contributed by atoms with Crippen molar-refractivity contribution in [3.05, 3.63) is 12.7 Å². The lowest BCUT2D eigenvalue weighted by Crippen LogP contribution is -2.02. The predicted molar refractivity (Wildman–Crippen MR) is 26.4 cm³/mol. The van der Waals surface area contributed by atoms with E-state index in [2.05, 4.69) is 6.58 Å². The van der Waals surface area contributed by atoms with Crippen LogP contribution in [-0.2, 0) is 4.57 Å². The van der Waals surface area contributed by atoms with Gasteiger partial charge in [0.15, 0.2) is 0 Å². The van der Waals surface area contributed by atoms with Crippen LogP contribution in [0.2, 0.25) is 0 Å². The van der Waals surface area contributed by atoms with Gasteiger partial charge < -0.3 is 4.89 Å². The number of hydrogen-bond donors (Lipinski definition) is 1. The van der Waals surface area contributed by atoms with Crippen molar-refractivity contribution in [1.82, 2.24) is 0 Å². The van der Waals surface area contributed by atoms with Crippen LogP contribution in [-0.4, -0.2) is 10.6 Å². The summed E-state index contributed by atoms with van der Waals surface area (Å²) < 4.78 is 32.9. The largest absolute Gasteiger partial charge is 0.342 e. The van der Waals surface area contributed by atoms with E-state index in [1.807, 2.05) is 0 Å². The Kier molecular flexibility index (Phi) is 2.31. The van der Waals surface area contributed by atoms with E-state index in [9.17, 15) is 13.3 Å². The molecule has 48 valence electrons. The zero-order chi connectivity index (χ0) is 6.78. The van der Waals surface area contributed by atoms with Gasteiger partial charge in [-0.3, -0.25) is 4.57 Å². The molecule has 0 aliphatic rings. The molecular weight excluding hydrogens is 137 g/mol. The van der Waals surface area contributed by atoms with Crippen molar-refractivity contribution in [2.24, 2.45) is 0 Å². The Morgan fingerprint density at radius 3 is 2.12 bits per heavy atom. The van der Waals surface area contributed by atoms with E-state index in [0.717, 1.165) is 0 Å². The van der Waals surface area contributed by atoms with Crippen molar-refractivity contribution < 1.29 is 18.2 Å². The van der Waals surface area contributed by atoms with E-state index in [-0.39, 0.29) is 6.08 Å². The highest BCUT2D eigenvalue weighted by Gasteiger charge is 2.30. The van der Waals surface area contributed by atoms with Crippen molar-refractivity contribution >= 4 is 8.03 Å². The summed E-state index contributed by atoms with van der Waals surface area (Å²) in [5, 5.41) is 0. The summed E-state index contributed by atoms with van der Waals surface area (Å²) in [5.74, 6) is 0. The normalized spacial score (nSPS) is 15.4. The Balaban J connectivity index is 4.12. The first-order valence-electron chi connectivity index (χ1n) is 1.75. The van der Waals surface area contributed by atoms with Gasteiger partial charge in [0, 0.05) is 0 Å². The number of rotatable bonds is 2. The molecule has 0 aliphatic heterocycles. The molecule has 5 heteroatoms. The van der Waals surface area contributed by atoms with Crippen LogP contribution in [0.4, 0.5) is 8.78 Å². The molecule has 0 fully saturated rings. The Morgan fingerprint density at radius 2 is 2.12 bits per heavy atom. The zero-order valence-corrected chi connectivity index (χ0v) is 4.90. The first kappa shape index (κ1) is 7.79. The van der Waals surface area contributed by atoms with Crippen LogP contribution >= 0.6 is 8.03 Å². The predicted octanol–water partition coefficient (Wildman–Crippen LogP) is 1.23. The number of halogens is 2. The van der Waals surface area contributed by atoms with E-state index >= 15 is 0 Å². The molecule has 0 spiro atoms. The molecule has 2 nitrogen and oxygen atoms in total. The third-order valence-corrected chi connectivity index (χ3v) is 1.32. The first-order chi connectivity index (χ1) is 3.50. The van der Waals surface area contributed by atoms with E-state index < -0.39 is 13.7 Å². The van der Waals surface area contributed by atoms with Crippen molar-refractivity contribution in [2.75, 3.05) is 0 Å². The molecule has 0 radical (unpaired) electrons. The average Bonchev–Trinajstić information content (AvgIpc) is 1.67. The van der Waals surface area contributed by atoms with Crippen molar-refractivity contribution in [3.63, 3.8) is 0 Å². The Bertz CT molecular complexity index is 122. The maximum Gasteiger partial charge on any atom is 0.336 e. The van der Waals surface area contributed by atoms with E-state index in [1.54, 1.807) is 0 Å². The highest BCUT2D eigenvalue weighted by molar-refractivity contribution is 7.39. The minimum atomic E-state index is -3.76. The monoisotopic (exact) mass is 142 g/mol. The molecule has 0 heterocycles. The van der Waals surface area contributed by atoms with Gasteiger partial charge in [0.25, 0.3) is 8.03 Å². The van der Waals surface area contributed by atoms with Gasteiger partial charge in [-0.05, 0) is 6.08 Å². The van der Waals surface area contributed by atoms with Gasteiger partial charge in [-0.15, -0.1) is 0 Å². The average molecular weight is 142 g/mol. The smallest absolute Gasteiger partial charge is 0.336 e. The summed E-state index contributed by atoms with van der Waals surface area (Å²) in [6.45, 7) is 2.67. The molecule has 8 heavy (non-hydrogen) atoms. The Hall–Kier alpha value is -0.210. The van der Waals surface area contributed by atoms with Gasteiger partial charge in [0.05, 0.1) is 0 Å². The van der Waals surface area contributed by atoms with Gasteiger partial charge in [-0.2, -0.15) is 8.78 Å². The Labute approximate surface area is 45.7 Å². The van der Waals surface area contributed by atoms with Crippen LogP contribution in [0.1, 0.15) is 0 Å². The van der Waals surface area contributed by atoms with Crippen LogP contribution in [0.15, 0.2) is 12.7 Å². The van der Waals surface area contributed by atoms with Gasteiger partial charge in [-0.25, -0.2) is 0 Å². The molecule has 0 saturated carbocycles. The molecule has 0 amide bonds. The van der Waals surface area contributed by atoms with Crippen molar-refractivity contribution in [2.45, 2.75) is 5.66 Å². The summed E-state index contributed by atoms with van der Waals surface area (Å²) in [4.78, 5) is 7.81. The maximum absolute atomic E-state index is 11.6. The SMILES string of the molecule is C=CC(F)(F)[PH](=O)O. The van der Waals surface area contributed by atoms with Crippen molar-refractivity contribution in [1.29, 1.82) is 0 Å². The van der Waals surface area contributed by atoms with Crippen LogP contribution < -0.4 is 0 Å². The molecular formula is C3H5F2O2P. The molecule has 0 aromatic rings. The maximum atomic E-state index is 11.6. The molecule has 1 N–H and O–H groups in total. The lowest BCUT2D eigenvalue weighted by Gasteiger charge is -2.03. The van der Waals surface area contributed by atoms with E-state index in [4.69, 9.17) is 4.89 Å². The van der Waals surface area contributed by atoms with Gasteiger partial charge in [0.1, 0.15) is 0 Å². The molecule has 0 aromatic carbocycles. The second-order valence-electron chi connectivity index (χ2n) is 1.13. The fourth-order valence-electron chi connectivity index (χ4n) is 0.0873. The molecule has 0 saturated heterocycles. The van der Waals surface area contributed by atoms with Gasteiger partial charge >= 0.3 is 5.66 Å². The fraction of sp³-hybridized carbons (Fsp3) is 0.333. The Morgan fingerprint density at radius 1 is 1.75 bits per heavy atom. The summed E-state index contributed by atoms with van der Waals surface area (Å²) in [6.07, 6.45) is 0.161. The summed E-state index contributed by atoms with van der Waals surface area (Å²) in [6, 6.07) is 0. The molecule has 1 unspecified atom stereocenters. The lowest BCUT2D eigenvalue weighted by molar-refractivity contribution is 0.137. The summed E-state index contributed by atoms with van der Waals surface area (Å²) in [5.41, 5.74) is -3.59. The van der Waals surface area contributed by atoms with Crippen LogP contribution in [0.3, 0.4) is 0 Å². The van der Waals surface area contributed by atoms with E-state index in [0.29, 0.717) is 0 Å². The highest BCUT2D eigenvalue weighted by atomic mass is 31.1. The number of allylic oxidation sites excluding steroid dienone is 1. The van der Waals surface area contributed by atoms with Crippen molar-refractivity contribution in [3.8, 4) is 0 Å².